The first-order valence-electron chi connectivity index (χ1n) is 12.0. The molecule has 7 nitrogen and oxygen atoms in total. The molecular formula is C27H31N2O5Si. The Kier molecular flexibility index (Phi) is 5.27. The van der Waals surface area contributed by atoms with Crippen molar-refractivity contribution in [2.75, 3.05) is 0 Å². The van der Waals surface area contributed by atoms with Gasteiger partial charge in [-0.2, -0.15) is 0 Å². The average Bonchev–Trinajstić information content (AvgIpc) is 3.07. The van der Waals surface area contributed by atoms with E-state index in [2.05, 4.69) is 20.8 Å². The largest absolute Gasteiger partial charge is 0.508 e. The Morgan fingerprint density at radius 2 is 1.94 bits per heavy atom. The normalized spacial score (nSPS) is 21.5. The molecule has 8 heteroatoms. The molecule has 183 valence electrons. The lowest BCUT2D eigenvalue weighted by molar-refractivity contribution is -0.150. The highest BCUT2D eigenvalue weighted by atomic mass is 28.3. The first-order valence-corrected chi connectivity index (χ1v) is 14.6. The fourth-order valence-corrected chi connectivity index (χ4v) is 6.84. The number of benzene rings is 1. The summed E-state index contributed by atoms with van der Waals surface area (Å²) in [5.41, 5.74) is 2.32. The first kappa shape index (κ1) is 23.8. The number of nitrogens with zero attached hydrogens (tertiary/aromatic N) is 2. The molecule has 0 aliphatic carbocycles. The number of carbonyl (C=O) groups is 1. The molecule has 1 aromatic carbocycles. The molecule has 2 aromatic heterocycles. The lowest BCUT2D eigenvalue weighted by Gasteiger charge is -2.27. The van der Waals surface area contributed by atoms with Crippen molar-refractivity contribution in [2.24, 2.45) is 0 Å². The minimum atomic E-state index is -1.48. The van der Waals surface area contributed by atoms with Crippen molar-refractivity contribution in [3.05, 3.63) is 56.9 Å². The van der Waals surface area contributed by atoms with Crippen LogP contribution in [0.3, 0.4) is 0 Å². The molecule has 1 radical (unpaired) electrons. The van der Waals surface area contributed by atoms with Crippen LogP contribution in [0.2, 0.25) is 13.1 Å². The number of carbonyl (C=O) groups excluding carboxylic acids is 1. The number of aliphatic hydroxyl groups is 1. The smallest absolute Gasteiger partial charge is 0.309 e. The molecule has 3 aromatic rings. The van der Waals surface area contributed by atoms with E-state index < -0.39 is 26.1 Å². The van der Waals surface area contributed by atoms with E-state index in [1.54, 1.807) is 22.8 Å². The zero-order chi connectivity index (χ0) is 25.4. The lowest BCUT2D eigenvalue weighted by atomic mass is 9.81. The Bertz CT molecular complexity index is 1450. The van der Waals surface area contributed by atoms with Crippen LogP contribution in [0.1, 0.15) is 68.5 Å². The van der Waals surface area contributed by atoms with Gasteiger partial charge in [-0.25, -0.2) is 4.98 Å². The maximum absolute atomic E-state index is 14.1. The maximum atomic E-state index is 14.1. The zero-order valence-electron chi connectivity index (χ0n) is 21.0. The van der Waals surface area contributed by atoms with Gasteiger partial charge in [0.15, 0.2) is 0 Å². The van der Waals surface area contributed by atoms with Gasteiger partial charge >= 0.3 is 5.97 Å². The second-order valence-electron chi connectivity index (χ2n) is 11.0. The standard InChI is InChI=1S/C27H31N2O5Si/c1-7-27(33)12-20(31)34-25(35(5)6)21-17(27)11-19-23-16(13-29(19)24(21)32)22(26(2,3)4)15-10-14(30)8-9-18(15)28-23/h8-11,25,30,33H,7,12-13H2,1-6H3. The molecule has 0 saturated carbocycles. The fraction of sp³-hybridized carbons (Fsp3) is 0.444. The molecule has 0 spiro atoms. The summed E-state index contributed by atoms with van der Waals surface area (Å²) in [4.78, 5) is 31.6. The number of pyridine rings is 2. The molecule has 2 N–H and O–H groups in total. The second kappa shape index (κ2) is 7.76. The summed E-state index contributed by atoms with van der Waals surface area (Å²) in [6, 6.07) is 7.00. The van der Waals surface area contributed by atoms with Crippen LogP contribution in [-0.2, 0) is 27.1 Å². The van der Waals surface area contributed by atoms with Gasteiger partial charge in [-0.1, -0.05) is 40.8 Å². The monoisotopic (exact) mass is 491 g/mol. The summed E-state index contributed by atoms with van der Waals surface area (Å²) in [6.07, 6.45) is 0.0975. The molecule has 0 fully saturated rings. The molecule has 2 aliphatic heterocycles. The summed E-state index contributed by atoms with van der Waals surface area (Å²) in [5.74, 6) is -0.312. The average molecular weight is 492 g/mol. The van der Waals surface area contributed by atoms with E-state index in [-0.39, 0.29) is 29.6 Å². The van der Waals surface area contributed by atoms with Crippen LogP contribution in [0, 0.1) is 0 Å². The van der Waals surface area contributed by atoms with Gasteiger partial charge in [0.2, 0.25) is 0 Å². The molecule has 0 saturated heterocycles. The molecule has 2 atom stereocenters. The van der Waals surface area contributed by atoms with Crippen LogP contribution in [0.15, 0.2) is 29.1 Å². The molecule has 4 heterocycles. The van der Waals surface area contributed by atoms with Crippen LogP contribution in [0.4, 0.5) is 0 Å². The number of fused-ring (bicyclic) bond motifs is 5. The summed E-state index contributed by atoms with van der Waals surface area (Å²) in [6.45, 7) is 12.5. The number of rotatable bonds is 2. The number of esters is 1. The van der Waals surface area contributed by atoms with E-state index in [0.29, 0.717) is 29.1 Å². The van der Waals surface area contributed by atoms with Crippen LogP contribution in [0.25, 0.3) is 22.3 Å². The highest BCUT2D eigenvalue weighted by Crippen LogP contribution is 2.45. The zero-order valence-corrected chi connectivity index (χ0v) is 22.0. The van der Waals surface area contributed by atoms with Gasteiger partial charge in [-0.15, -0.1) is 0 Å². The predicted octanol–water partition coefficient (Wildman–Crippen LogP) is 4.31. The molecule has 35 heavy (non-hydrogen) atoms. The third kappa shape index (κ3) is 3.53. The molecule has 2 aliphatic rings. The van der Waals surface area contributed by atoms with E-state index in [0.717, 1.165) is 22.0 Å². The van der Waals surface area contributed by atoms with Crippen molar-refractivity contribution < 1.29 is 19.7 Å². The summed E-state index contributed by atoms with van der Waals surface area (Å²) in [5, 5.41) is 22.6. The van der Waals surface area contributed by atoms with Crippen LogP contribution in [-0.4, -0.2) is 34.5 Å². The predicted molar refractivity (Wildman–Crippen MR) is 136 cm³/mol. The topological polar surface area (TPSA) is 102 Å². The van der Waals surface area contributed by atoms with Crippen molar-refractivity contribution in [3.63, 3.8) is 0 Å². The number of ether oxygens (including phenoxy) is 1. The van der Waals surface area contributed by atoms with E-state index >= 15 is 0 Å². The summed E-state index contributed by atoms with van der Waals surface area (Å²) >= 11 is 0. The quantitative estimate of drug-likeness (QED) is 0.320. The first-order chi connectivity index (χ1) is 16.4. The van der Waals surface area contributed by atoms with Crippen molar-refractivity contribution in [3.8, 4) is 17.1 Å². The van der Waals surface area contributed by atoms with Gasteiger partial charge in [0, 0.05) is 10.9 Å². The molecule has 0 amide bonds. The van der Waals surface area contributed by atoms with E-state index in [1.807, 2.05) is 26.1 Å². The van der Waals surface area contributed by atoms with Crippen LogP contribution < -0.4 is 5.56 Å². The SMILES string of the molecule is CCC1(O)CC(=O)OC([Si](C)C)c2c1cc1n(c2=O)Cc2c-1nc1ccc(O)cc1c2C(C)(C)C. The van der Waals surface area contributed by atoms with Crippen LogP contribution in [0.5, 0.6) is 5.75 Å². The van der Waals surface area contributed by atoms with Gasteiger partial charge in [-0.3, -0.25) is 9.59 Å². The van der Waals surface area contributed by atoms with Crippen LogP contribution >= 0.6 is 0 Å². The summed E-state index contributed by atoms with van der Waals surface area (Å²) in [7, 11) is -1.24. The number of phenols is 1. The van der Waals surface area contributed by atoms with E-state index in [9.17, 15) is 19.8 Å². The minimum absolute atomic E-state index is 0.169. The van der Waals surface area contributed by atoms with Gasteiger partial charge in [0.05, 0.1) is 35.4 Å². The van der Waals surface area contributed by atoms with Crippen molar-refractivity contribution >= 4 is 25.7 Å². The number of hydrogen-bond donors (Lipinski definition) is 2. The van der Waals surface area contributed by atoms with Gasteiger partial charge in [0.1, 0.15) is 25.9 Å². The van der Waals surface area contributed by atoms with Gasteiger partial charge in [-0.05, 0) is 47.2 Å². The highest BCUT2D eigenvalue weighted by molar-refractivity contribution is 6.57. The molecule has 2 unspecified atom stereocenters. The highest BCUT2D eigenvalue weighted by Gasteiger charge is 2.44. The van der Waals surface area contributed by atoms with Crippen molar-refractivity contribution in [2.45, 2.75) is 76.9 Å². The Labute approximate surface area is 206 Å². The second-order valence-corrected chi connectivity index (χ2v) is 13.7. The Morgan fingerprint density at radius 3 is 2.57 bits per heavy atom. The number of aromatic hydroxyl groups is 1. The molecular weight excluding hydrogens is 460 g/mol. The van der Waals surface area contributed by atoms with Crippen molar-refractivity contribution in [1.29, 1.82) is 0 Å². The number of hydrogen-bond acceptors (Lipinski definition) is 6. The lowest BCUT2D eigenvalue weighted by Crippen LogP contribution is -2.35. The Morgan fingerprint density at radius 1 is 1.23 bits per heavy atom. The third-order valence-corrected chi connectivity index (χ3v) is 8.73. The number of cyclic esters (lactones) is 1. The third-order valence-electron chi connectivity index (χ3n) is 7.27. The molecule has 5 rings (SSSR count). The Hall–Kier alpha value is -2.97. The summed E-state index contributed by atoms with van der Waals surface area (Å²) < 4.78 is 7.46. The number of aromatic nitrogens is 2. The van der Waals surface area contributed by atoms with Gasteiger partial charge in [0.25, 0.3) is 5.56 Å². The van der Waals surface area contributed by atoms with Crippen molar-refractivity contribution in [1.82, 2.24) is 9.55 Å². The van der Waals surface area contributed by atoms with E-state index in [4.69, 9.17) is 9.72 Å². The maximum Gasteiger partial charge on any atom is 0.309 e. The fourth-order valence-electron chi connectivity index (χ4n) is 5.61. The molecule has 0 bridgehead atoms. The van der Waals surface area contributed by atoms with E-state index in [1.165, 1.54) is 0 Å². The minimum Gasteiger partial charge on any atom is -0.508 e. The number of phenolic OH excluding ortho intramolecular Hbond substituents is 1. The van der Waals surface area contributed by atoms with Gasteiger partial charge < -0.3 is 19.5 Å². The Balaban J connectivity index is 1.87.